The van der Waals surface area contributed by atoms with Crippen molar-refractivity contribution in [3.05, 3.63) is 71.0 Å². The van der Waals surface area contributed by atoms with Crippen LogP contribution in [0.3, 0.4) is 0 Å². The van der Waals surface area contributed by atoms with Gasteiger partial charge in [0.05, 0.1) is 45.2 Å². The molecular weight excluding hydrogens is 912 g/mol. The third kappa shape index (κ3) is 10.3. The average molecular weight is 966 g/mol. The molecule has 7 rings (SSSR count). The van der Waals surface area contributed by atoms with Gasteiger partial charge in [0.1, 0.15) is 78.1 Å². The van der Waals surface area contributed by atoms with Gasteiger partial charge in [-0.2, -0.15) is 0 Å². The number of benzene rings is 3. The first-order valence-electron chi connectivity index (χ1n) is 21.0. The molecule has 3 fully saturated rings. The number of ether oxygens (including phenoxy) is 10. The van der Waals surface area contributed by atoms with Crippen molar-refractivity contribution >= 4 is 18.1 Å². The number of rotatable bonds is 14. The Morgan fingerprint density at radius 1 is 0.691 bits per heavy atom. The third-order valence-corrected chi connectivity index (χ3v) is 11.6. The molecule has 4 aliphatic rings. The SMILES string of the molecule is COc1cc(C2[OH+]c3cc(O)cc(OC4OC(CO)C(O)C(O)C4O)c3C=C2OC2OC(COC3OC(C)C(OC(=O)C=Cc4ccc(O)c(O)c4)C(O)C3O)C(O)C(O)C2O)cc(OC)c1O. The third-order valence-electron chi connectivity index (χ3n) is 11.6. The van der Waals surface area contributed by atoms with Crippen molar-refractivity contribution < 1.29 is 119 Å². The van der Waals surface area contributed by atoms with E-state index in [4.69, 9.17) is 47.4 Å². The standard InChI is InChI=1S/C44H52O24/c1-16-40(68-30(49)7-5-17-4-6-21(47)22(48)8-17)36(55)39(58)42(62-16)61-15-29-33(52)35(54)38(57)44(67-29)65-27-13-20-23(63-41(27)18-9-25(59-2)31(50)26(10-18)60-3)11-19(46)12-24(20)64-43-37(56)34(53)32(51)28(14-45)66-43/h4-13,16,28-29,32-48,50-58H,14-15H2,1-3H3/p+1. The van der Waals surface area contributed by atoms with Crippen molar-refractivity contribution in [2.75, 3.05) is 27.4 Å². The lowest BCUT2D eigenvalue weighted by atomic mass is 9.97. The highest BCUT2D eigenvalue weighted by Gasteiger charge is 2.50. The number of methoxy groups -OCH3 is 2. The molecule has 0 aromatic heterocycles. The number of fused-ring (bicyclic) bond motifs is 1. The van der Waals surface area contributed by atoms with Gasteiger partial charge in [-0.25, -0.2) is 4.79 Å². The molecule has 16 atom stereocenters. The first-order chi connectivity index (χ1) is 32.3. The zero-order chi connectivity index (χ0) is 49.3. The maximum Gasteiger partial charge on any atom is 0.331 e. The Balaban J connectivity index is 1.11. The number of esters is 1. The van der Waals surface area contributed by atoms with Crippen LogP contribution in [-0.4, -0.2) is 197 Å². The Labute approximate surface area is 385 Å². The highest BCUT2D eigenvalue weighted by Crippen LogP contribution is 2.49. The number of aromatic hydroxyl groups is 5. The van der Waals surface area contributed by atoms with Gasteiger partial charge in [-0.1, -0.05) is 6.07 Å². The molecule has 24 nitrogen and oxygen atoms in total. The number of phenols is 4. The summed E-state index contributed by atoms with van der Waals surface area (Å²) in [6, 6.07) is 8.91. The molecule has 24 heteroatoms. The Bertz CT molecular complexity index is 2300. The van der Waals surface area contributed by atoms with Crippen LogP contribution in [0.1, 0.15) is 29.7 Å². The van der Waals surface area contributed by atoms with Crippen LogP contribution in [0.5, 0.6) is 46.0 Å². The second-order valence-electron chi connectivity index (χ2n) is 16.2. The van der Waals surface area contributed by atoms with Crippen LogP contribution in [0, 0.1) is 0 Å². The quantitative estimate of drug-likeness (QED) is 0.0359. The second-order valence-corrected chi connectivity index (χ2v) is 16.2. The molecule has 4 heterocycles. The molecule has 0 aliphatic carbocycles. The normalized spacial score (nSPS) is 33.7. The summed E-state index contributed by atoms with van der Waals surface area (Å²) in [5.74, 6) is -3.01. The van der Waals surface area contributed by atoms with Crippen molar-refractivity contribution in [3.8, 4) is 46.0 Å². The van der Waals surface area contributed by atoms with E-state index < -0.39 is 129 Å². The molecule has 3 saturated heterocycles. The van der Waals surface area contributed by atoms with Crippen molar-refractivity contribution in [2.24, 2.45) is 0 Å². The molecule has 3 aromatic rings. The number of phenolic OH excluding ortho intramolecular Hbond substituents is 4. The van der Waals surface area contributed by atoms with E-state index in [0.717, 1.165) is 12.1 Å². The summed E-state index contributed by atoms with van der Waals surface area (Å²) >= 11 is 0. The van der Waals surface area contributed by atoms with Crippen LogP contribution < -0.4 is 14.2 Å². The molecule has 0 amide bonds. The number of aliphatic hydroxyl groups excluding tert-OH is 9. The smallest absolute Gasteiger partial charge is 0.331 e. The fourth-order valence-electron chi connectivity index (χ4n) is 7.83. The zero-order valence-corrected chi connectivity index (χ0v) is 36.3. The lowest BCUT2D eigenvalue weighted by Crippen LogP contribution is -2.61. The predicted molar refractivity (Wildman–Crippen MR) is 225 cm³/mol. The number of hydrogen-bond donors (Lipinski definition) is 13. The fourth-order valence-corrected chi connectivity index (χ4v) is 7.83. The van der Waals surface area contributed by atoms with Gasteiger partial charge in [0.25, 0.3) is 11.9 Å². The first kappa shape index (κ1) is 50.2. The van der Waals surface area contributed by atoms with Crippen LogP contribution in [0.25, 0.3) is 12.2 Å². The minimum absolute atomic E-state index is 0.0333. The lowest BCUT2D eigenvalue weighted by molar-refractivity contribution is -0.325. The maximum atomic E-state index is 12.6. The van der Waals surface area contributed by atoms with Gasteiger partial charge >= 0.3 is 5.97 Å². The Morgan fingerprint density at radius 2 is 1.31 bits per heavy atom. The van der Waals surface area contributed by atoms with Gasteiger partial charge in [0.2, 0.25) is 18.3 Å². The number of aliphatic hydroxyl groups is 10. The first-order valence-corrected chi connectivity index (χ1v) is 21.0. The van der Waals surface area contributed by atoms with Crippen molar-refractivity contribution in [3.63, 3.8) is 0 Å². The molecule has 0 bridgehead atoms. The van der Waals surface area contributed by atoms with Gasteiger partial charge in [-0.15, -0.1) is 0 Å². The molecule has 372 valence electrons. The van der Waals surface area contributed by atoms with Crippen LogP contribution in [0.15, 0.2) is 54.3 Å². The van der Waals surface area contributed by atoms with E-state index in [1.807, 2.05) is 0 Å². The van der Waals surface area contributed by atoms with Crippen LogP contribution in [0.4, 0.5) is 0 Å². The summed E-state index contributed by atoms with van der Waals surface area (Å²) in [5, 5.41) is 137. The monoisotopic (exact) mass is 965 g/mol. The van der Waals surface area contributed by atoms with Gasteiger partial charge in [-0.05, 0) is 42.8 Å². The number of carbonyl (C=O) groups excluding carboxylic acids is 1. The molecule has 0 spiro atoms. The summed E-state index contributed by atoms with van der Waals surface area (Å²) < 4.78 is 55.8. The molecule has 4 aliphatic heterocycles. The summed E-state index contributed by atoms with van der Waals surface area (Å²) in [6.45, 7) is -0.0197. The van der Waals surface area contributed by atoms with Gasteiger partial charge < -0.3 is 114 Å². The molecule has 14 N–H and O–H groups in total. The van der Waals surface area contributed by atoms with E-state index in [9.17, 15) is 71.2 Å². The van der Waals surface area contributed by atoms with Crippen LogP contribution >= 0.6 is 0 Å². The predicted octanol–water partition coefficient (Wildman–Crippen LogP) is -2.03. The van der Waals surface area contributed by atoms with Crippen LogP contribution in [-0.2, 0) is 33.2 Å². The van der Waals surface area contributed by atoms with E-state index in [0.29, 0.717) is 5.56 Å². The number of carbonyl (C=O) groups is 1. The van der Waals surface area contributed by atoms with Gasteiger partial charge in [-0.3, -0.25) is 0 Å². The van der Waals surface area contributed by atoms with Crippen molar-refractivity contribution in [2.45, 2.75) is 105 Å². The number of hydrogen-bond acceptors (Lipinski definition) is 23. The molecular formula is C44H53O24+. The molecule has 0 saturated carbocycles. The Kier molecular flexibility index (Phi) is 15.4. The summed E-state index contributed by atoms with van der Waals surface area (Å²) in [5.41, 5.74) is 0.608. The summed E-state index contributed by atoms with van der Waals surface area (Å²) in [7, 11) is 2.56. The lowest BCUT2D eigenvalue weighted by Gasteiger charge is -2.43. The molecule has 68 heavy (non-hydrogen) atoms. The Morgan fingerprint density at radius 3 is 1.94 bits per heavy atom. The topological polar surface area (TPSA) is 376 Å². The highest BCUT2D eigenvalue weighted by molar-refractivity contribution is 5.87. The minimum atomic E-state index is -1.97. The summed E-state index contributed by atoms with van der Waals surface area (Å²) in [6.07, 6.45) is -23.0. The van der Waals surface area contributed by atoms with Crippen molar-refractivity contribution in [1.82, 2.24) is 0 Å². The summed E-state index contributed by atoms with van der Waals surface area (Å²) in [4.78, 5) is 12.6. The van der Waals surface area contributed by atoms with E-state index in [1.165, 1.54) is 69.7 Å². The van der Waals surface area contributed by atoms with E-state index in [2.05, 4.69) is 0 Å². The van der Waals surface area contributed by atoms with Crippen LogP contribution in [0.2, 0.25) is 0 Å². The molecule has 3 aromatic carbocycles. The van der Waals surface area contributed by atoms with Crippen molar-refractivity contribution in [1.29, 1.82) is 0 Å². The van der Waals surface area contributed by atoms with Gasteiger partial charge in [0, 0.05) is 18.2 Å². The van der Waals surface area contributed by atoms with E-state index in [1.54, 1.807) is 0 Å². The maximum absolute atomic E-state index is 12.6. The average Bonchev–Trinajstić information content (AvgIpc) is 3.32. The largest absolute Gasteiger partial charge is 0.571 e. The van der Waals surface area contributed by atoms with Gasteiger partial charge in [0.15, 0.2) is 41.2 Å². The minimum Gasteiger partial charge on any atom is -0.571 e. The second kappa shape index (κ2) is 20.9. The van der Waals surface area contributed by atoms with E-state index in [-0.39, 0.29) is 51.4 Å². The molecule has 16 unspecified atom stereocenters. The van der Waals surface area contributed by atoms with E-state index >= 15 is 0 Å². The fraction of sp³-hybridized carbons (Fsp3) is 0.477. The Hall–Kier alpha value is -5.71. The molecule has 0 radical (unpaired) electrons. The zero-order valence-electron chi connectivity index (χ0n) is 36.3. The highest BCUT2D eigenvalue weighted by atomic mass is 16.7.